The van der Waals surface area contributed by atoms with Gasteiger partial charge in [0, 0.05) is 67.8 Å². The first-order valence-electron chi connectivity index (χ1n) is 12.3. The molecule has 2 saturated heterocycles. The van der Waals surface area contributed by atoms with Gasteiger partial charge in [-0.25, -0.2) is 9.29 Å². The van der Waals surface area contributed by atoms with E-state index in [1.807, 2.05) is 30.3 Å². The molecule has 0 unspecified atom stereocenters. The zero-order chi connectivity index (χ0) is 23.4. The van der Waals surface area contributed by atoms with Crippen molar-refractivity contribution in [1.29, 1.82) is 0 Å². The van der Waals surface area contributed by atoms with Gasteiger partial charge in [0.05, 0.1) is 0 Å². The molecule has 2 aliphatic heterocycles. The Morgan fingerprint density at radius 2 is 1.97 bits per heavy atom. The van der Waals surface area contributed by atoms with E-state index in [0.717, 1.165) is 36.8 Å². The van der Waals surface area contributed by atoms with Gasteiger partial charge in [0.1, 0.15) is 5.82 Å². The maximum atomic E-state index is 10.4. The van der Waals surface area contributed by atoms with E-state index in [4.69, 9.17) is 0 Å². The third kappa shape index (κ3) is 5.93. The molecule has 1 aliphatic carbocycles. The molecule has 5 rings (SSSR count). The van der Waals surface area contributed by atoms with Crippen molar-refractivity contribution in [3.05, 3.63) is 41.3 Å². The molecular weight excluding hydrogens is 430 g/mol. The first-order chi connectivity index (χ1) is 15.9. The summed E-state index contributed by atoms with van der Waals surface area (Å²) in [4.78, 5) is 18.7. The van der Waals surface area contributed by atoms with Crippen molar-refractivity contribution in [3.63, 3.8) is 0 Å². The third-order valence-electron chi connectivity index (χ3n) is 7.64. The molecule has 180 valence electrons. The highest BCUT2D eigenvalue weighted by Gasteiger charge is 2.48. The van der Waals surface area contributed by atoms with Crippen molar-refractivity contribution < 1.29 is 4.79 Å². The first-order valence-corrected chi connectivity index (χ1v) is 13.1. The number of carbonyl (C=O) groups is 1. The average Bonchev–Trinajstić information content (AvgIpc) is 3.39. The van der Waals surface area contributed by atoms with Gasteiger partial charge in [0.25, 0.3) is 0 Å². The molecule has 1 saturated carbocycles. The number of aryl methyl sites for hydroxylation is 1. The normalized spacial score (nSPS) is 19.9. The number of anilines is 1. The van der Waals surface area contributed by atoms with Crippen LogP contribution >= 0.6 is 11.9 Å². The molecule has 2 aromatic heterocycles. The smallest absolute Gasteiger partial charge is 0.207 e. The lowest BCUT2D eigenvalue weighted by Gasteiger charge is -2.28. The van der Waals surface area contributed by atoms with Crippen LogP contribution in [-0.4, -0.2) is 46.4 Å². The van der Waals surface area contributed by atoms with Crippen LogP contribution in [0.2, 0.25) is 0 Å². The van der Waals surface area contributed by atoms with Gasteiger partial charge in [-0.3, -0.25) is 4.79 Å². The maximum absolute atomic E-state index is 10.4. The zero-order valence-corrected chi connectivity index (χ0v) is 21.5. The summed E-state index contributed by atoms with van der Waals surface area (Å²) < 4.78 is 4.79. The lowest BCUT2D eigenvalue weighted by Crippen LogP contribution is -2.27. The molecule has 1 N–H and O–H groups in total. The van der Waals surface area contributed by atoms with Gasteiger partial charge >= 0.3 is 0 Å². The fraction of sp³-hybridized carbons (Fsp3) is 0.615. The van der Waals surface area contributed by atoms with Gasteiger partial charge in [0.2, 0.25) is 6.41 Å². The molecule has 3 fully saturated rings. The average molecular weight is 470 g/mol. The van der Waals surface area contributed by atoms with Gasteiger partial charge in [-0.1, -0.05) is 13.0 Å². The van der Waals surface area contributed by atoms with Crippen molar-refractivity contribution in [1.82, 2.24) is 19.2 Å². The Kier molecular flexibility index (Phi) is 7.69. The predicted octanol–water partition coefficient (Wildman–Crippen LogP) is 4.70. The number of nitrogens with one attached hydrogen (secondary N) is 1. The molecule has 0 atom stereocenters. The van der Waals surface area contributed by atoms with Gasteiger partial charge in [-0.15, -0.1) is 0 Å². The summed E-state index contributed by atoms with van der Waals surface area (Å²) in [6, 6.07) is 6.27. The number of piperidine rings is 1. The summed E-state index contributed by atoms with van der Waals surface area (Å²) in [5, 5.41) is 2.72. The largest absolute Gasteiger partial charge is 0.356 e. The molecule has 33 heavy (non-hydrogen) atoms. The Hall–Kier alpha value is -1.99. The quantitative estimate of drug-likeness (QED) is 0.491. The molecule has 7 heteroatoms. The summed E-state index contributed by atoms with van der Waals surface area (Å²) in [6.45, 7) is 12.0. The van der Waals surface area contributed by atoms with Crippen LogP contribution in [-0.2, 0) is 18.4 Å². The Morgan fingerprint density at radius 1 is 1.21 bits per heavy atom. The highest BCUT2D eigenvalue weighted by molar-refractivity contribution is 7.97. The van der Waals surface area contributed by atoms with Crippen molar-refractivity contribution in [2.75, 3.05) is 31.1 Å². The minimum absolute atomic E-state index is 0.566. The summed E-state index contributed by atoms with van der Waals surface area (Å²) in [5.74, 6) is 1.96. The van der Waals surface area contributed by atoms with Crippen LogP contribution in [0.1, 0.15) is 56.0 Å². The van der Waals surface area contributed by atoms with E-state index in [0.29, 0.717) is 12.0 Å². The number of hydrogen-bond donors (Lipinski definition) is 1. The Morgan fingerprint density at radius 3 is 2.58 bits per heavy atom. The molecule has 0 bridgehead atoms. The number of hydrogen-bond acceptors (Lipinski definition) is 5. The SMILES string of the molecule is Cc1cc(SN2CCC(C)CC2)c(C)n1C.O=CNCc1cccnc1N1CCC2(CC2)C1. The molecule has 6 nitrogen and oxygen atoms in total. The Labute approximate surface area is 203 Å². The molecular formula is C26H39N5OS. The van der Waals surface area contributed by atoms with Crippen LogP contribution < -0.4 is 10.2 Å². The van der Waals surface area contributed by atoms with Crippen LogP contribution in [0.4, 0.5) is 5.82 Å². The van der Waals surface area contributed by atoms with Gasteiger partial charge in [-0.05, 0) is 81.4 Å². The van der Waals surface area contributed by atoms with Crippen molar-refractivity contribution in [3.8, 4) is 0 Å². The molecule has 0 radical (unpaired) electrons. The molecule has 3 aliphatic rings. The van der Waals surface area contributed by atoms with Crippen LogP contribution in [0.15, 0.2) is 29.3 Å². The van der Waals surface area contributed by atoms with Gasteiger partial charge in [-0.2, -0.15) is 0 Å². The second-order valence-corrected chi connectivity index (χ2v) is 11.3. The lowest BCUT2D eigenvalue weighted by molar-refractivity contribution is -0.109. The van der Waals surface area contributed by atoms with E-state index >= 15 is 0 Å². The monoisotopic (exact) mass is 469 g/mol. The topological polar surface area (TPSA) is 53.4 Å². The standard InChI is InChI=1S/C13H17N3O.C13H22N2S/c17-10-14-8-11-2-1-6-15-12(11)16-7-5-13(9-16)3-4-13;1-10-5-7-15(8-6-10)16-13-9-11(2)14(4)12(13)3/h1-2,6,10H,3-5,7-9H2,(H,14,17);9-10H,5-8H2,1-4H3. The number of pyridine rings is 1. The van der Waals surface area contributed by atoms with Crippen LogP contribution in [0, 0.1) is 25.2 Å². The third-order valence-corrected chi connectivity index (χ3v) is 8.87. The highest BCUT2D eigenvalue weighted by Crippen LogP contribution is 2.53. The Balaban J connectivity index is 0.000000157. The first kappa shape index (κ1) is 24.1. The maximum Gasteiger partial charge on any atom is 0.207 e. The Bertz CT molecular complexity index is 946. The molecule has 0 aromatic carbocycles. The number of aromatic nitrogens is 2. The zero-order valence-electron chi connectivity index (χ0n) is 20.6. The molecule has 1 amide bonds. The summed E-state index contributed by atoms with van der Waals surface area (Å²) in [6.07, 6.45) is 9.30. The number of amides is 1. The van der Waals surface area contributed by atoms with Gasteiger partial charge < -0.3 is 14.8 Å². The lowest BCUT2D eigenvalue weighted by atomic mass is 10.0. The minimum Gasteiger partial charge on any atom is -0.356 e. The van der Waals surface area contributed by atoms with Crippen molar-refractivity contribution >= 4 is 24.2 Å². The van der Waals surface area contributed by atoms with E-state index in [1.165, 1.54) is 61.5 Å². The number of rotatable bonds is 6. The van der Waals surface area contributed by atoms with Crippen LogP contribution in [0.3, 0.4) is 0 Å². The summed E-state index contributed by atoms with van der Waals surface area (Å²) >= 11 is 1.94. The van der Waals surface area contributed by atoms with Gasteiger partial charge in [0.15, 0.2) is 0 Å². The predicted molar refractivity (Wildman–Crippen MR) is 136 cm³/mol. The van der Waals surface area contributed by atoms with E-state index in [9.17, 15) is 4.79 Å². The minimum atomic E-state index is 0.566. The summed E-state index contributed by atoms with van der Waals surface area (Å²) in [7, 11) is 2.15. The summed E-state index contributed by atoms with van der Waals surface area (Å²) in [5.41, 5.74) is 4.45. The second kappa shape index (κ2) is 10.5. The highest BCUT2D eigenvalue weighted by atomic mass is 32.2. The molecule has 1 spiro atoms. The van der Waals surface area contributed by atoms with E-state index in [-0.39, 0.29) is 0 Å². The van der Waals surface area contributed by atoms with E-state index < -0.39 is 0 Å². The van der Waals surface area contributed by atoms with E-state index in [2.05, 4.69) is 58.0 Å². The number of nitrogens with zero attached hydrogens (tertiary/aromatic N) is 4. The van der Waals surface area contributed by atoms with Crippen LogP contribution in [0.25, 0.3) is 0 Å². The molecule has 4 heterocycles. The number of carbonyl (C=O) groups excluding carboxylic acids is 1. The fourth-order valence-electron chi connectivity index (χ4n) is 4.83. The molecule has 2 aromatic rings. The second-order valence-electron chi connectivity index (χ2n) is 10.2. The van der Waals surface area contributed by atoms with Crippen molar-refractivity contribution in [2.45, 2.75) is 64.3 Å². The van der Waals surface area contributed by atoms with E-state index in [1.54, 1.807) is 0 Å². The fourth-order valence-corrected chi connectivity index (χ4v) is 6.00. The van der Waals surface area contributed by atoms with Crippen molar-refractivity contribution in [2.24, 2.45) is 18.4 Å². The van der Waals surface area contributed by atoms with Crippen LogP contribution in [0.5, 0.6) is 0 Å².